The maximum Gasteiger partial charge on any atom is 0.343 e. The van der Waals surface area contributed by atoms with Gasteiger partial charge in [-0.2, -0.15) is 5.10 Å². The fourth-order valence-electron chi connectivity index (χ4n) is 2.10. The third-order valence-corrected chi connectivity index (χ3v) is 3.11. The number of hydrogen-bond acceptors (Lipinski definition) is 4. The van der Waals surface area contributed by atoms with Gasteiger partial charge < -0.3 is 10.1 Å². The van der Waals surface area contributed by atoms with Crippen LogP contribution in [0.25, 0.3) is 0 Å². The molecule has 2 rings (SSSR count). The molecule has 0 radical (unpaired) electrons. The van der Waals surface area contributed by atoms with E-state index < -0.39 is 23.5 Å². The number of hydrogen-bond donors (Lipinski definition) is 1. The van der Waals surface area contributed by atoms with Gasteiger partial charge in [0.25, 0.3) is 5.91 Å². The minimum Gasteiger partial charge on any atom is -0.462 e. The number of nitrogens with one attached hydrogen (secondary N) is 1. The number of anilines is 1. The highest BCUT2D eigenvalue weighted by Gasteiger charge is 2.24. The SMILES string of the molecule is CCOC(=O)c1c(C)nn(C)c1NC(=O)c1ccc(F)cc1F. The molecule has 1 amide bonds. The van der Waals surface area contributed by atoms with Crippen LogP contribution in [-0.4, -0.2) is 28.3 Å². The molecule has 1 N–H and O–H groups in total. The highest BCUT2D eigenvalue weighted by atomic mass is 19.1. The molecule has 2 aromatic rings. The number of rotatable bonds is 4. The summed E-state index contributed by atoms with van der Waals surface area (Å²) in [5.41, 5.74) is 0.103. The van der Waals surface area contributed by atoms with E-state index in [4.69, 9.17) is 4.74 Å². The Morgan fingerprint density at radius 1 is 1.35 bits per heavy atom. The number of amides is 1. The first kappa shape index (κ1) is 16.6. The van der Waals surface area contributed by atoms with Gasteiger partial charge in [-0.05, 0) is 26.0 Å². The summed E-state index contributed by atoms with van der Waals surface area (Å²) in [6.07, 6.45) is 0. The number of aryl methyl sites for hydroxylation is 2. The van der Waals surface area contributed by atoms with Gasteiger partial charge in [-0.15, -0.1) is 0 Å². The zero-order chi connectivity index (χ0) is 17.1. The molecule has 6 nitrogen and oxygen atoms in total. The standard InChI is InChI=1S/C15H15F2N3O3/c1-4-23-15(22)12-8(2)19-20(3)13(12)18-14(21)10-6-5-9(16)7-11(10)17/h5-7H,4H2,1-3H3,(H,18,21). The normalized spacial score (nSPS) is 10.5. The summed E-state index contributed by atoms with van der Waals surface area (Å²) in [6.45, 7) is 3.39. The third-order valence-electron chi connectivity index (χ3n) is 3.11. The zero-order valence-corrected chi connectivity index (χ0v) is 12.8. The summed E-state index contributed by atoms with van der Waals surface area (Å²) in [5, 5.41) is 6.46. The molecular formula is C15H15F2N3O3. The third kappa shape index (κ3) is 3.36. The Labute approximate surface area is 131 Å². The fourth-order valence-corrected chi connectivity index (χ4v) is 2.10. The maximum absolute atomic E-state index is 13.7. The molecule has 1 heterocycles. The molecule has 0 unspecified atom stereocenters. The molecule has 1 aromatic heterocycles. The van der Waals surface area contributed by atoms with Crippen LogP contribution in [0.1, 0.15) is 33.3 Å². The van der Waals surface area contributed by atoms with Gasteiger partial charge in [0.2, 0.25) is 0 Å². The monoisotopic (exact) mass is 323 g/mol. The van der Waals surface area contributed by atoms with Crippen LogP contribution in [0.3, 0.4) is 0 Å². The number of benzene rings is 1. The minimum absolute atomic E-state index is 0.0784. The maximum atomic E-state index is 13.7. The molecule has 0 fully saturated rings. The molecular weight excluding hydrogens is 308 g/mol. The number of carbonyl (C=O) groups excluding carboxylic acids is 2. The van der Waals surface area contributed by atoms with Crippen molar-refractivity contribution in [1.82, 2.24) is 9.78 Å². The van der Waals surface area contributed by atoms with Gasteiger partial charge in [-0.25, -0.2) is 13.6 Å². The lowest BCUT2D eigenvalue weighted by molar-refractivity contribution is 0.0526. The van der Waals surface area contributed by atoms with Crippen molar-refractivity contribution >= 4 is 17.7 Å². The summed E-state index contributed by atoms with van der Waals surface area (Å²) < 4.78 is 32.8. The Morgan fingerprint density at radius 3 is 2.65 bits per heavy atom. The van der Waals surface area contributed by atoms with E-state index >= 15 is 0 Å². The topological polar surface area (TPSA) is 73.2 Å². The van der Waals surface area contributed by atoms with Crippen molar-refractivity contribution in [2.45, 2.75) is 13.8 Å². The van der Waals surface area contributed by atoms with Crippen molar-refractivity contribution in [2.24, 2.45) is 7.05 Å². The first-order valence-electron chi connectivity index (χ1n) is 6.82. The average molecular weight is 323 g/mol. The van der Waals surface area contributed by atoms with Gasteiger partial charge >= 0.3 is 5.97 Å². The van der Waals surface area contributed by atoms with Crippen molar-refractivity contribution in [2.75, 3.05) is 11.9 Å². The molecule has 0 atom stereocenters. The Kier molecular flexibility index (Phi) is 4.73. The Balaban J connectivity index is 2.36. The van der Waals surface area contributed by atoms with Crippen molar-refractivity contribution in [3.8, 4) is 0 Å². The molecule has 23 heavy (non-hydrogen) atoms. The van der Waals surface area contributed by atoms with Crippen LogP contribution in [-0.2, 0) is 11.8 Å². The van der Waals surface area contributed by atoms with Gasteiger partial charge in [0.1, 0.15) is 23.0 Å². The fraction of sp³-hybridized carbons (Fsp3) is 0.267. The largest absolute Gasteiger partial charge is 0.462 e. The lowest BCUT2D eigenvalue weighted by atomic mass is 10.2. The lowest BCUT2D eigenvalue weighted by Gasteiger charge is -2.09. The predicted molar refractivity (Wildman–Crippen MR) is 78.2 cm³/mol. The molecule has 0 saturated carbocycles. The van der Waals surface area contributed by atoms with E-state index in [1.54, 1.807) is 13.8 Å². The van der Waals surface area contributed by atoms with E-state index in [1.165, 1.54) is 11.7 Å². The number of ether oxygens (including phenoxy) is 1. The lowest BCUT2D eigenvalue weighted by Crippen LogP contribution is -2.19. The Morgan fingerprint density at radius 2 is 2.04 bits per heavy atom. The van der Waals surface area contributed by atoms with Crippen LogP contribution >= 0.6 is 0 Å². The number of carbonyl (C=O) groups is 2. The van der Waals surface area contributed by atoms with Crippen LogP contribution in [0.2, 0.25) is 0 Å². The van der Waals surface area contributed by atoms with Crippen molar-refractivity contribution in [3.63, 3.8) is 0 Å². The average Bonchev–Trinajstić information content (AvgIpc) is 2.73. The van der Waals surface area contributed by atoms with Crippen molar-refractivity contribution < 1.29 is 23.1 Å². The molecule has 0 spiro atoms. The number of nitrogens with zero attached hydrogens (tertiary/aromatic N) is 2. The molecule has 0 aliphatic heterocycles. The number of aromatic nitrogens is 2. The quantitative estimate of drug-likeness (QED) is 0.877. The zero-order valence-electron chi connectivity index (χ0n) is 12.8. The molecule has 0 aliphatic carbocycles. The smallest absolute Gasteiger partial charge is 0.343 e. The Bertz CT molecular complexity index is 772. The van der Waals surface area contributed by atoms with E-state index in [-0.39, 0.29) is 23.6 Å². The van der Waals surface area contributed by atoms with E-state index in [9.17, 15) is 18.4 Å². The predicted octanol–water partition coefficient (Wildman–Crippen LogP) is 2.44. The van der Waals surface area contributed by atoms with Gasteiger partial charge in [0, 0.05) is 13.1 Å². The molecule has 122 valence electrons. The summed E-state index contributed by atoms with van der Waals surface area (Å²) in [4.78, 5) is 24.2. The van der Waals surface area contributed by atoms with Crippen LogP contribution in [0.5, 0.6) is 0 Å². The van der Waals surface area contributed by atoms with E-state index in [0.29, 0.717) is 11.8 Å². The van der Waals surface area contributed by atoms with Crippen molar-refractivity contribution in [1.29, 1.82) is 0 Å². The van der Waals surface area contributed by atoms with E-state index in [2.05, 4.69) is 10.4 Å². The summed E-state index contributed by atoms with van der Waals surface area (Å²) >= 11 is 0. The van der Waals surface area contributed by atoms with Gasteiger partial charge in [0.05, 0.1) is 17.9 Å². The second kappa shape index (κ2) is 6.55. The van der Waals surface area contributed by atoms with Crippen LogP contribution in [0.4, 0.5) is 14.6 Å². The minimum atomic E-state index is -1.00. The Hall–Kier alpha value is -2.77. The molecule has 0 aliphatic rings. The van der Waals surface area contributed by atoms with Crippen molar-refractivity contribution in [3.05, 3.63) is 46.7 Å². The number of esters is 1. The first-order valence-corrected chi connectivity index (χ1v) is 6.82. The van der Waals surface area contributed by atoms with Gasteiger partial charge in [-0.3, -0.25) is 9.48 Å². The summed E-state index contributed by atoms with van der Waals surface area (Å²) in [6, 6.07) is 2.60. The first-order chi connectivity index (χ1) is 10.8. The van der Waals surface area contributed by atoms with Crippen LogP contribution < -0.4 is 5.32 Å². The highest BCUT2D eigenvalue weighted by Crippen LogP contribution is 2.21. The highest BCUT2D eigenvalue weighted by molar-refractivity contribution is 6.07. The van der Waals surface area contributed by atoms with Gasteiger partial charge in [-0.1, -0.05) is 0 Å². The summed E-state index contributed by atoms with van der Waals surface area (Å²) in [7, 11) is 1.52. The number of halogens is 2. The molecule has 0 bridgehead atoms. The molecule has 1 aromatic carbocycles. The summed E-state index contributed by atoms with van der Waals surface area (Å²) in [5.74, 6) is -3.18. The van der Waals surface area contributed by atoms with Gasteiger partial charge in [0.15, 0.2) is 0 Å². The van der Waals surface area contributed by atoms with E-state index in [0.717, 1.165) is 12.1 Å². The van der Waals surface area contributed by atoms with Crippen LogP contribution in [0.15, 0.2) is 18.2 Å². The molecule has 8 heteroatoms. The second-order valence-electron chi connectivity index (χ2n) is 4.73. The second-order valence-corrected chi connectivity index (χ2v) is 4.73. The van der Waals surface area contributed by atoms with Crippen LogP contribution in [0, 0.1) is 18.6 Å². The van der Waals surface area contributed by atoms with E-state index in [1.807, 2.05) is 0 Å². The molecule has 0 saturated heterocycles.